The van der Waals surface area contributed by atoms with Gasteiger partial charge in [-0.05, 0) is 60.9 Å². The molecule has 2 N–H and O–H groups in total. The highest BCUT2D eigenvalue weighted by molar-refractivity contribution is 5.96. The molecule has 0 saturated heterocycles. The number of nitrogens with two attached hydrogens (primary N) is 1. The van der Waals surface area contributed by atoms with Gasteiger partial charge in [0.2, 0.25) is 0 Å². The summed E-state index contributed by atoms with van der Waals surface area (Å²) >= 11 is 0. The molecule has 0 fully saturated rings. The fourth-order valence-electron chi connectivity index (χ4n) is 4.37. The van der Waals surface area contributed by atoms with Crippen LogP contribution in [0.4, 0.5) is 4.39 Å². The first-order valence-corrected chi connectivity index (χ1v) is 12.1. The molecule has 194 valence electrons. The fourth-order valence-corrected chi connectivity index (χ4v) is 4.37. The second-order valence-corrected chi connectivity index (χ2v) is 9.16. The van der Waals surface area contributed by atoms with Gasteiger partial charge in [0.25, 0.3) is 0 Å². The van der Waals surface area contributed by atoms with Crippen LogP contribution in [0.2, 0.25) is 0 Å². The van der Waals surface area contributed by atoms with Gasteiger partial charge in [-0.2, -0.15) is 0 Å². The molecule has 4 aromatic rings. The molecule has 2 aromatic heterocycles. The molecule has 4 rings (SSSR count). The maximum Gasteiger partial charge on any atom is 0.310 e. The number of nitrogens with zero attached hydrogens (tertiary/aromatic N) is 2. The lowest BCUT2D eigenvalue weighted by atomic mass is 9.98. The van der Waals surface area contributed by atoms with Crippen LogP contribution in [0.25, 0.3) is 22.0 Å². The van der Waals surface area contributed by atoms with Crippen molar-refractivity contribution in [3.63, 3.8) is 0 Å². The van der Waals surface area contributed by atoms with E-state index in [4.69, 9.17) is 19.9 Å². The molecule has 2 heterocycles. The average molecular weight is 506 g/mol. The first-order chi connectivity index (χ1) is 17.8. The van der Waals surface area contributed by atoms with Crippen LogP contribution >= 0.6 is 0 Å². The summed E-state index contributed by atoms with van der Waals surface area (Å²) in [5, 5.41) is 0.920. The molecule has 37 heavy (non-hydrogen) atoms. The number of halogens is 1. The molecular formula is C29H32FN3O4. The first kappa shape index (κ1) is 26.3. The molecule has 1 unspecified atom stereocenters. The minimum absolute atomic E-state index is 0.0171. The first-order valence-electron chi connectivity index (χ1n) is 12.1. The SMILES string of the molecule is COCC(C)OC(=O)Cc1ccc(C)cc1OCc1cc(-c2ccnc(CN)c2F)c2ccn(C)c2c1. The molecule has 0 spiro atoms. The summed E-state index contributed by atoms with van der Waals surface area (Å²) in [4.78, 5) is 16.5. The molecular weight excluding hydrogens is 473 g/mol. The number of pyridine rings is 1. The molecule has 0 amide bonds. The number of ether oxygens (including phenoxy) is 3. The Bertz CT molecular complexity index is 1420. The highest BCUT2D eigenvalue weighted by Crippen LogP contribution is 2.33. The van der Waals surface area contributed by atoms with Gasteiger partial charge in [0.05, 0.1) is 18.7 Å². The number of hydrogen-bond acceptors (Lipinski definition) is 6. The van der Waals surface area contributed by atoms with E-state index in [2.05, 4.69) is 4.98 Å². The second kappa shape index (κ2) is 11.5. The van der Waals surface area contributed by atoms with E-state index >= 15 is 4.39 Å². The Kier molecular flexibility index (Phi) is 8.21. The Morgan fingerprint density at radius 1 is 1.16 bits per heavy atom. The third-order valence-electron chi connectivity index (χ3n) is 6.19. The smallest absolute Gasteiger partial charge is 0.310 e. The number of carbonyl (C=O) groups excluding carboxylic acids is 1. The van der Waals surface area contributed by atoms with E-state index < -0.39 is 5.82 Å². The predicted octanol–water partition coefficient (Wildman–Crippen LogP) is 4.85. The van der Waals surface area contributed by atoms with Crippen LogP contribution in [0.1, 0.15) is 29.3 Å². The zero-order valence-electron chi connectivity index (χ0n) is 21.6. The normalized spacial score (nSPS) is 12.1. The maximum atomic E-state index is 15.2. The Morgan fingerprint density at radius 2 is 1.97 bits per heavy atom. The highest BCUT2D eigenvalue weighted by Gasteiger charge is 2.17. The predicted molar refractivity (Wildman–Crippen MR) is 141 cm³/mol. The number of benzene rings is 2. The maximum absolute atomic E-state index is 15.2. The minimum atomic E-state index is -0.421. The van der Waals surface area contributed by atoms with Crippen molar-refractivity contribution in [3.05, 3.63) is 83.1 Å². The van der Waals surface area contributed by atoms with Crippen molar-refractivity contribution in [2.24, 2.45) is 12.8 Å². The van der Waals surface area contributed by atoms with E-state index in [1.807, 2.05) is 61.1 Å². The lowest BCUT2D eigenvalue weighted by Crippen LogP contribution is -2.21. The van der Waals surface area contributed by atoms with Crippen LogP contribution in [-0.4, -0.2) is 35.3 Å². The Labute approximate surface area is 216 Å². The van der Waals surface area contributed by atoms with Crippen molar-refractivity contribution in [2.75, 3.05) is 13.7 Å². The van der Waals surface area contributed by atoms with Crippen LogP contribution in [0.15, 0.2) is 54.9 Å². The Balaban J connectivity index is 1.63. The summed E-state index contributed by atoms with van der Waals surface area (Å²) in [7, 11) is 3.51. The van der Waals surface area contributed by atoms with Gasteiger partial charge in [-0.25, -0.2) is 4.39 Å². The summed E-state index contributed by atoms with van der Waals surface area (Å²) in [6, 6.07) is 13.3. The van der Waals surface area contributed by atoms with E-state index in [-0.39, 0.29) is 37.3 Å². The minimum Gasteiger partial charge on any atom is -0.489 e. The Morgan fingerprint density at radius 3 is 2.73 bits per heavy atom. The van der Waals surface area contributed by atoms with Crippen molar-refractivity contribution < 1.29 is 23.4 Å². The molecule has 2 aromatic carbocycles. The largest absolute Gasteiger partial charge is 0.489 e. The standard InChI is InChI=1S/C29H32FN3O4/c1-18-5-6-21(14-28(34)37-19(2)16-35-4)27(11-18)36-17-20-12-24(22-8-10-33(3)26(22)13-20)23-7-9-32-25(15-31)29(23)30/h5-13,19H,14-17,31H2,1-4H3. The second-order valence-electron chi connectivity index (χ2n) is 9.16. The molecule has 1 atom stereocenters. The molecule has 8 heteroatoms. The summed E-state index contributed by atoms with van der Waals surface area (Å²) in [6.45, 7) is 4.33. The number of aryl methyl sites for hydroxylation is 2. The molecule has 7 nitrogen and oxygen atoms in total. The number of fused-ring (bicyclic) bond motifs is 1. The molecule has 0 bridgehead atoms. The zero-order valence-corrected chi connectivity index (χ0v) is 21.6. The number of carbonyl (C=O) groups is 1. The lowest BCUT2D eigenvalue weighted by Gasteiger charge is -2.16. The van der Waals surface area contributed by atoms with Gasteiger partial charge in [0.15, 0.2) is 5.82 Å². The molecule has 0 aliphatic carbocycles. The topological polar surface area (TPSA) is 88.6 Å². The average Bonchev–Trinajstić information content (AvgIpc) is 3.24. The van der Waals surface area contributed by atoms with Gasteiger partial charge < -0.3 is 24.5 Å². The molecule has 0 aliphatic rings. The fraction of sp³-hybridized carbons (Fsp3) is 0.310. The van der Waals surface area contributed by atoms with Crippen molar-refractivity contribution >= 4 is 16.9 Å². The van der Waals surface area contributed by atoms with E-state index in [0.717, 1.165) is 33.2 Å². The number of esters is 1. The van der Waals surface area contributed by atoms with Gasteiger partial charge in [-0.1, -0.05) is 12.1 Å². The van der Waals surface area contributed by atoms with Gasteiger partial charge in [0, 0.05) is 55.1 Å². The molecule has 0 radical (unpaired) electrons. The molecule has 0 saturated carbocycles. The van der Waals surface area contributed by atoms with Crippen LogP contribution in [-0.2, 0) is 40.9 Å². The highest BCUT2D eigenvalue weighted by atomic mass is 19.1. The number of aromatic nitrogens is 2. The van der Waals surface area contributed by atoms with Gasteiger partial charge in [-0.15, -0.1) is 0 Å². The summed E-state index contributed by atoms with van der Waals surface area (Å²) in [6.07, 6.45) is 3.26. The van der Waals surface area contributed by atoms with Crippen LogP contribution in [0, 0.1) is 12.7 Å². The lowest BCUT2D eigenvalue weighted by molar-refractivity contribution is -0.149. The van der Waals surface area contributed by atoms with Crippen molar-refractivity contribution in [1.29, 1.82) is 0 Å². The number of methoxy groups -OCH3 is 1. The van der Waals surface area contributed by atoms with Crippen LogP contribution < -0.4 is 10.5 Å². The van der Waals surface area contributed by atoms with E-state index in [1.165, 1.54) is 0 Å². The van der Waals surface area contributed by atoms with Gasteiger partial charge >= 0.3 is 5.97 Å². The quantitative estimate of drug-likeness (QED) is 0.310. The van der Waals surface area contributed by atoms with E-state index in [9.17, 15) is 4.79 Å². The monoisotopic (exact) mass is 505 g/mol. The van der Waals surface area contributed by atoms with Crippen LogP contribution in [0.3, 0.4) is 0 Å². The summed E-state index contributed by atoms with van der Waals surface area (Å²) in [5.41, 5.74) is 10.6. The summed E-state index contributed by atoms with van der Waals surface area (Å²) < 4.78 is 33.9. The van der Waals surface area contributed by atoms with Gasteiger partial charge in [0.1, 0.15) is 18.5 Å². The molecule has 0 aliphatic heterocycles. The number of rotatable bonds is 10. The van der Waals surface area contributed by atoms with Crippen LogP contribution in [0.5, 0.6) is 5.75 Å². The summed E-state index contributed by atoms with van der Waals surface area (Å²) in [5.74, 6) is -0.171. The third-order valence-corrected chi connectivity index (χ3v) is 6.19. The van der Waals surface area contributed by atoms with E-state index in [1.54, 1.807) is 26.3 Å². The Hall–Kier alpha value is -3.75. The zero-order chi connectivity index (χ0) is 26.5. The third kappa shape index (κ3) is 5.98. The van der Waals surface area contributed by atoms with Crippen molar-refractivity contribution in [3.8, 4) is 16.9 Å². The number of hydrogen-bond donors (Lipinski definition) is 1. The van der Waals surface area contributed by atoms with Gasteiger partial charge in [-0.3, -0.25) is 9.78 Å². The van der Waals surface area contributed by atoms with Crippen molar-refractivity contribution in [2.45, 2.75) is 39.5 Å². The van der Waals surface area contributed by atoms with E-state index in [0.29, 0.717) is 17.9 Å². The van der Waals surface area contributed by atoms with Crippen molar-refractivity contribution in [1.82, 2.24) is 9.55 Å².